The number of fused-ring (bicyclic) bond motifs is 1. The van der Waals surface area contributed by atoms with E-state index < -0.39 is 0 Å². The maximum Gasteiger partial charge on any atom is 0.262 e. The number of aromatic nitrogens is 4. The summed E-state index contributed by atoms with van der Waals surface area (Å²) in [5.74, 6) is 0.671. The number of hydrogen-bond donors (Lipinski definition) is 1. The monoisotopic (exact) mass is 240 g/mol. The Bertz CT molecular complexity index is 743. The number of hydrogen-bond acceptors (Lipinski definition) is 3. The van der Waals surface area contributed by atoms with Crippen LogP contribution in [0.25, 0.3) is 16.7 Å². The quantitative estimate of drug-likeness (QED) is 0.741. The minimum Gasteiger partial charge on any atom is -0.310 e. The van der Waals surface area contributed by atoms with E-state index in [9.17, 15) is 4.79 Å². The van der Waals surface area contributed by atoms with E-state index in [0.29, 0.717) is 23.3 Å². The summed E-state index contributed by atoms with van der Waals surface area (Å²) in [5, 5.41) is 4.75. The fourth-order valence-corrected chi connectivity index (χ4v) is 1.89. The number of para-hydroxylation sites is 1. The minimum atomic E-state index is -0.140. The van der Waals surface area contributed by atoms with Crippen molar-refractivity contribution >= 4 is 11.0 Å². The van der Waals surface area contributed by atoms with Crippen molar-refractivity contribution in [1.82, 2.24) is 19.7 Å². The predicted octanol–water partition coefficient (Wildman–Crippen LogP) is 1.67. The van der Waals surface area contributed by atoms with Gasteiger partial charge in [0.2, 0.25) is 0 Å². The van der Waals surface area contributed by atoms with Crippen molar-refractivity contribution in [3.05, 3.63) is 52.7 Å². The van der Waals surface area contributed by atoms with Crippen LogP contribution in [0.1, 0.15) is 12.7 Å². The third-order valence-corrected chi connectivity index (χ3v) is 2.82. The Kier molecular flexibility index (Phi) is 2.44. The van der Waals surface area contributed by atoms with Gasteiger partial charge in [0.15, 0.2) is 5.65 Å². The smallest absolute Gasteiger partial charge is 0.262 e. The normalized spacial score (nSPS) is 10.9. The summed E-state index contributed by atoms with van der Waals surface area (Å²) in [5.41, 5.74) is 1.36. The van der Waals surface area contributed by atoms with Gasteiger partial charge in [-0.2, -0.15) is 5.10 Å². The van der Waals surface area contributed by atoms with Crippen LogP contribution in [0, 0.1) is 0 Å². The molecule has 0 radical (unpaired) electrons. The predicted molar refractivity (Wildman–Crippen MR) is 68.9 cm³/mol. The van der Waals surface area contributed by atoms with Crippen molar-refractivity contribution in [2.24, 2.45) is 0 Å². The molecule has 0 saturated heterocycles. The standard InChI is InChI=1S/C13H12N4O/c1-2-11-15-12-10(13(18)16-11)8-14-17(12)9-6-4-3-5-7-9/h3-8H,2H2,1H3,(H,15,16,18). The van der Waals surface area contributed by atoms with Crippen LogP contribution in [0.15, 0.2) is 41.3 Å². The highest BCUT2D eigenvalue weighted by Crippen LogP contribution is 2.13. The summed E-state index contributed by atoms with van der Waals surface area (Å²) in [4.78, 5) is 19.0. The molecular weight excluding hydrogens is 228 g/mol. The number of nitrogens with zero attached hydrogens (tertiary/aromatic N) is 3. The molecule has 5 nitrogen and oxygen atoms in total. The highest BCUT2D eigenvalue weighted by Gasteiger charge is 2.10. The summed E-state index contributed by atoms with van der Waals surface area (Å²) in [6, 6.07) is 9.66. The first-order valence-corrected chi connectivity index (χ1v) is 5.82. The van der Waals surface area contributed by atoms with Gasteiger partial charge < -0.3 is 4.98 Å². The Balaban J connectivity index is 2.32. The Hall–Kier alpha value is -2.43. The molecule has 0 fully saturated rings. The van der Waals surface area contributed by atoms with Gasteiger partial charge in [0.1, 0.15) is 11.2 Å². The lowest BCUT2D eigenvalue weighted by molar-refractivity contribution is 0.873. The molecule has 0 unspecified atom stereocenters. The van der Waals surface area contributed by atoms with Crippen molar-refractivity contribution in [2.75, 3.05) is 0 Å². The molecule has 0 aliphatic heterocycles. The van der Waals surface area contributed by atoms with Crippen LogP contribution in [-0.4, -0.2) is 19.7 Å². The van der Waals surface area contributed by atoms with Gasteiger partial charge >= 0.3 is 0 Å². The van der Waals surface area contributed by atoms with Gasteiger partial charge in [0.05, 0.1) is 11.9 Å². The Morgan fingerprint density at radius 3 is 2.78 bits per heavy atom. The van der Waals surface area contributed by atoms with E-state index in [2.05, 4.69) is 15.1 Å². The number of H-pyrrole nitrogens is 1. The van der Waals surface area contributed by atoms with Crippen molar-refractivity contribution in [3.63, 3.8) is 0 Å². The Morgan fingerprint density at radius 1 is 1.28 bits per heavy atom. The molecule has 0 amide bonds. The van der Waals surface area contributed by atoms with E-state index >= 15 is 0 Å². The molecule has 1 N–H and O–H groups in total. The average Bonchev–Trinajstić information content (AvgIpc) is 2.84. The third-order valence-electron chi connectivity index (χ3n) is 2.82. The molecule has 0 aliphatic rings. The number of benzene rings is 1. The molecule has 3 aromatic rings. The van der Waals surface area contributed by atoms with Crippen LogP contribution in [0.3, 0.4) is 0 Å². The zero-order valence-corrected chi connectivity index (χ0v) is 9.92. The van der Waals surface area contributed by atoms with Gasteiger partial charge in [-0.15, -0.1) is 0 Å². The second kappa shape index (κ2) is 4.10. The molecule has 1 aromatic carbocycles. The zero-order valence-electron chi connectivity index (χ0n) is 9.92. The van der Waals surface area contributed by atoms with Gasteiger partial charge in [0, 0.05) is 6.42 Å². The molecule has 5 heteroatoms. The van der Waals surface area contributed by atoms with Crippen molar-refractivity contribution in [3.8, 4) is 5.69 Å². The first-order valence-electron chi connectivity index (χ1n) is 5.82. The van der Waals surface area contributed by atoms with Gasteiger partial charge in [-0.1, -0.05) is 25.1 Å². The number of aromatic amines is 1. The van der Waals surface area contributed by atoms with Crippen LogP contribution in [0.2, 0.25) is 0 Å². The first kappa shape index (κ1) is 10.7. The molecule has 0 spiro atoms. The third kappa shape index (κ3) is 1.60. The van der Waals surface area contributed by atoms with Crippen molar-refractivity contribution in [2.45, 2.75) is 13.3 Å². The number of rotatable bonds is 2. The van der Waals surface area contributed by atoms with Crippen LogP contribution in [-0.2, 0) is 6.42 Å². The average molecular weight is 240 g/mol. The number of aryl methyl sites for hydroxylation is 1. The van der Waals surface area contributed by atoms with Crippen LogP contribution < -0.4 is 5.56 Å². The number of nitrogens with one attached hydrogen (secondary N) is 1. The van der Waals surface area contributed by atoms with Gasteiger partial charge in [-0.25, -0.2) is 9.67 Å². The lowest BCUT2D eigenvalue weighted by atomic mass is 10.3. The summed E-state index contributed by atoms with van der Waals surface area (Å²) in [6.45, 7) is 1.95. The molecule has 2 aromatic heterocycles. The van der Waals surface area contributed by atoms with E-state index in [-0.39, 0.29) is 5.56 Å². The molecule has 0 bridgehead atoms. The topological polar surface area (TPSA) is 63.6 Å². The van der Waals surface area contributed by atoms with E-state index in [4.69, 9.17) is 0 Å². The molecule has 2 heterocycles. The summed E-state index contributed by atoms with van der Waals surface area (Å²) < 4.78 is 1.68. The van der Waals surface area contributed by atoms with E-state index in [1.54, 1.807) is 10.9 Å². The Morgan fingerprint density at radius 2 is 2.06 bits per heavy atom. The lowest BCUT2D eigenvalue weighted by Crippen LogP contribution is -2.11. The highest BCUT2D eigenvalue weighted by atomic mass is 16.1. The van der Waals surface area contributed by atoms with E-state index in [1.807, 2.05) is 37.3 Å². The molecule has 18 heavy (non-hydrogen) atoms. The van der Waals surface area contributed by atoms with Gasteiger partial charge in [-0.05, 0) is 12.1 Å². The highest BCUT2D eigenvalue weighted by molar-refractivity contribution is 5.75. The first-order chi connectivity index (χ1) is 8.79. The summed E-state index contributed by atoms with van der Waals surface area (Å²) in [7, 11) is 0. The SMILES string of the molecule is CCc1nc2c(cnn2-c2ccccc2)c(=O)[nH]1. The van der Waals surface area contributed by atoms with E-state index in [1.165, 1.54) is 0 Å². The zero-order chi connectivity index (χ0) is 12.5. The van der Waals surface area contributed by atoms with Crippen molar-refractivity contribution < 1.29 is 0 Å². The lowest BCUT2D eigenvalue weighted by Gasteiger charge is -2.03. The second-order valence-electron chi connectivity index (χ2n) is 4.00. The molecule has 0 aliphatic carbocycles. The second-order valence-corrected chi connectivity index (χ2v) is 4.00. The van der Waals surface area contributed by atoms with Crippen LogP contribution >= 0.6 is 0 Å². The Labute approximate surface area is 103 Å². The summed E-state index contributed by atoms with van der Waals surface area (Å²) >= 11 is 0. The van der Waals surface area contributed by atoms with Gasteiger partial charge in [0.25, 0.3) is 5.56 Å². The van der Waals surface area contributed by atoms with Crippen LogP contribution in [0.4, 0.5) is 0 Å². The van der Waals surface area contributed by atoms with Crippen molar-refractivity contribution in [1.29, 1.82) is 0 Å². The summed E-state index contributed by atoms with van der Waals surface area (Å²) in [6.07, 6.45) is 2.23. The molecule has 0 saturated carbocycles. The minimum absolute atomic E-state index is 0.140. The maximum absolute atomic E-state index is 11.9. The fourth-order valence-electron chi connectivity index (χ4n) is 1.89. The molecule has 90 valence electrons. The van der Waals surface area contributed by atoms with E-state index in [0.717, 1.165) is 5.69 Å². The van der Waals surface area contributed by atoms with Gasteiger partial charge in [-0.3, -0.25) is 4.79 Å². The largest absolute Gasteiger partial charge is 0.310 e. The van der Waals surface area contributed by atoms with Crippen LogP contribution in [0.5, 0.6) is 0 Å². The fraction of sp³-hybridized carbons (Fsp3) is 0.154. The molecule has 3 rings (SSSR count). The maximum atomic E-state index is 11.9. The molecular formula is C13H12N4O. The molecule has 0 atom stereocenters.